The van der Waals surface area contributed by atoms with E-state index in [9.17, 15) is 4.79 Å². The molecular formula is C19H30N4OS+2. The molecule has 3 rings (SSSR count). The van der Waals surface area contributed by atoms with Gasteiger partial charge in [-0.2, -0.15) is 0 Å². The Kier molecular flexibility index (Phi) is 6.04. The van der Waals surface area contributed by atoms with Gasteiger partial charge in [0.1, 0.15) is 37.7 Å². The summed E-state index contributed by atoms with van der Waals surface area (Å²) in [6.45, 7) is 12.3. The number of amides is 1. The van der Waals surface area contributed by atoms with E-state index >= 15 is 0 Å². The Labute approximate surface area is 154 Å². The van der Waals surface area contributed by atoms with E-state index < -0.39 is 0 Å². The molecule has 0 saturated carbocycles. The monoisotopic (exact) mass is 362 g/mol. The number of hydrogen-bond acceptors (Lipinski definition) is 3. The highest BCUT2D eigenvalue weighted by Gasteiger charge is 2.26. The van der Waals surface area contributed by atoms with Crippen LogP contribution in [0.1, 0.15) is 25.8 Å². The Morgan fingerprint density at radius 3 is 2.52 bits per heavy atom. The van der Waals surface area contributed by atoms with Crippen molar-refractivity contribution in [1.29, 1.82) is 0 Å². The Hall–Kier alpha value is -1.50. The number of hydrogen-bond donors (Lipinski definition) is 3. The maximum atomic E-state index is 12.2. The molecule has 1 atom stereocenters. The molecule has 1 aliphatic heterocycles. The summed E-state index contributed by atoms with van der Waals surface area (Å²) in [6, 6.07) is 8.60. The lowest BCUT2D eigenvalue weighted by atomic mass is 10.1. The summed E-state index contributed by atoms with van der Waals surface area (Å²) >= 11 is 1.81. The van der Waals surface area contributed by atoms with Crippen LogP contribution in [-0.2, 0) is 11.3 Å². The Balaban J connectivity index is 1.44. The molecule has 6 heteroatoms. The van der Waals surface area contributed by atoms with E-state index in [4.69, 9.17) is 4.98 Å². The molecule has 1 aromatic carbocycles. The first-order valence-corrected chi connectivity index (χ1v) is 10.1. The third kappa shape index (κ3) is 5.00. The lowest BCUT2D eigenvalue weighted by Gasteiger charge is -2.29. The number of aromatic nitrogens is 1. The highest BCUT2D eigenvalue weighted by atomic mass is 32.1. The highest BCUT2D eigenvalue weighted by molar-refractivity contribution is 7.18. The predicted octanol–water partition coefficient (Wildman–Crippen LogP) is -0.260. The first-order valence-electron chi connectivity index (χ1n) is 9.32. The van der Waals surface area contributed by atoms with E-state index in [2.05, 4.69) is 44.3 Å². The van der Waals surface area contributed by atoms with Crippen molar-refractivity contribution >= 4 is 27.5 Å². The molecule has 25 heavy (non-hydrogen) atoms. The summed E-state index contributed by atoms with van der Waals surface area (Å²) < 4.78 is 1.28. The largest absolute Gasteiger partial charge is 0.348 e. The first kappa shape index (κ1) is 18.3. The number of para-hydroxylation sites is 1. The van der Waals surface area contributed by atoms with Crippen LogP contribution in [0.25, 0.3) is 10.2 Å². The Morgan fingerprint density at radius 1 is 1.16 bits per heavy atom. The quantitative estimate of drug-likeness (QED) is 0.663. The molecule has 2 heterocycles. The standard InChI is InChI=1S/C19H28N4OS/c1-14(2)15(3)20-18(24)12-22-8-10-23(11-9-22)13-19-21-16-6-4-5-7-17(16)25-19/h4-7,14-15H,8-13H2,1-3H3,(H,20,24)/p+2/t15-/m0/s1. The van der Waals surface area contributed by atoms with Gasteiger partial charge in [0.05, 0.1) is 10.2 Å². The average molecular weight is 363 g/mol. The predicted molar refractivity (Wildman–Crippen MR) is 102 cm³/mol. The van der Waals surface area contributed by atoms with Gasteiger partial charge in [0.2, 0.25) is 0 Å². The summed E-state index contributed by atoms with van der Waals surface area (Å²) in [6.07, 6.45) is 0. The van der Waals surface area contributed by atoms with Crippen molar-refractivity contribution in [1.82, 2.24) is 10.3 Å². The Morgan fingerprint density at radius 2 is 1.84 bits per heavy atom. The van der Waals surface area contributed by atoms with Gasteiger partial charge in [-0.05, 0) is 25.0 Å². The van der Waals surface area contributed by atoms with E-state index in [-0.39, 0.29) is 11.9 Å². The van der Waals surface area contributed by atoms with Crippen LogP contribution in [0.5, 0.6) is 0 Å². The van der Waals surface area contributed by atoms with Crippen LogP contribution in [0, 0.1) is 5.92 Å². The number of nitrogens with one attached hydrogen (secondary N) is 3. The van der Waals surface area contributed by atoms with Gasteiger partial charge in [0.15, 0.2) is 6.54 Å². The number of fused-ring (bicyclic) bond motifs is 1. The van der Waals surface area contributed by atoms with Gasteiger partial charge in [-0.15, -0.1) is 11.3 Å². The molecule has 0 unspecified atom stereocenters. The van der Waals surface area contributed by atoms with Gasteiger partial charge < -0.3 is 15.1 Å². The fourth-order valence-corrected chi connectivity index (χ4v) is 4.26. The SMILES string of the molecule is CC(C)[C@H](C)NC(=O)C[NH+]1CC[NH+](Cc2nc3ccccc3s2)CC1. The maximum Gasteiger partial charge on any atom is 0.275 e. The van der Waals surface area contributed by atoms with E-state index in [1.54, 1.807) is 4.90 Å². The van der Waals surface area contributed by atoms with Gasteiger partial charge in [-0.1, -0.05) is 26.0 Å². The molecule has 1 aromatic heterocycles. The fourth-order valence-electron chi connectivity index (χ4n) is 3.22. The summed E-state index contributed by atoms with van der Waals surface area (Å²) in [7, 11) is 0. The summed E-state index contributed by atoms with van der Waals surface area (Å²) in [4.78, 5) is 19.9. The molecule has 2 aromatic rings. The molecule has 1 amide bonds. The molecule has 136 valence electrons. The number of benzene rings is 1. The molecule has 3 N–H and O–H groups in total. The van der Waals surface area contributed by atoms with Crippen molar-refractivity contribution in [2.24, 2.45) is 5.92 Å². The zero-order valence-corrected chi connectivity index (χ0v) is 16.3. The minimum Gasteiger partial charge on any atom is -0.348 e. The fraction of sp³-hybridized carbons (Fsp3) is 0.579. The molecule has 0 radical (unpaired) electrons. The van der Waals surface area contributed by atoms with E-state index in [0.717, 1.165) is 38.2 Å². The highest BCUT2D eigenvalue weighted by Crippen LogP contribution is 2.20. The van der Waals surface area contributed by atoms with Gasteiger partial charge >= 0.3 is 0 Å². The number of quaternary nitrogens is 2. The third-order valence-electron chi connectivity index (χ3n) is 5.20. The lowest BCUT2D eigenvalue weighted by molar-refractivity contribution is -1.02. The maximum absolute atomic E-state index is 12.2. The summed E-state index contributed by atoms with van der Waals surface area (Å²) in [5, 5.41) is 4.34. The summed E-state index contributed by atoms with van der Waals surface area (Å²) in [5.74, 6) is 0.667. The minimum atomic E-state index is 0.186. The smallest absolute Gasteiger partial charge is 0.275 e. The van der Waals surface area contributed by atoms with Gasteiger partial charge in [-0.3, -0.25) is 4.79 Å². The average Bonchev–Trinajstić information content (AvgIpc) is 2.98. The number of nitrogens with zero attached hydrogens (tertiary/aromatic N) is 1. The van der Waals surface area contributed by atoms with Crippen molar-refractivity contribution in [3.05, 3.63) is 29.3 Å². The second-order valence-electron chi connectivity index (χ2n) is 7.53. The van der Waals surface area contributed by atoms with Crippen LogP contribution in [0.3, 0.4) is 0 Å². The molecule has 0 aliphatic carbocycles. The number of thiazole rings is 1. The first-order chi connectivity index (χ1) is 12.0. The lowest BCUT2D eigenvalue weighted by Crippen LogP contribution is -3.28. The zero-order valence-electron chi connectivity index (χ0n) is 15.5. The van der Waals surface area contributed by atoms with Crippen molar-refractivity contribution in [2.45, 2.75) is 33.4 Å². The van der Waals surface area contributed by atoms with Gasteiger partial charge in [0.25, 0.3) is 5.91 Å². The second kappa shape index (κ2) is 8.25. The number of carbonyl (C=O) groups is 1. The van der Waals surface area contributed by atoms with Crippen LogP contribution in [0.4, 0.5) is 0 Å². The van der Waals surface area contributed by atoms with Crippen molar-refractivity contribution in [3.63, 3.8) is 0 Å². The molecule has 5 nitrogen and oxygen atoms in total. The van der Waals surface area contributed by atoms with Crippen LogP contribution >= 0.6 is 11.3 Å². The van der Waals surface area contributed by atoms with Crippen molar-refractivity contribution in [2.75, 3.05) is 32.7 Å². The molecule has 0 bridgehead atoms. The molecular weight excluding hydrogens is 332 g/mol. The van der Waals surface area contributed by atoms with E-state index in [1.807, 2.05) is 17.4 Å². The van der Waals surface area contributed by atoms with Crippen molar-refractivity contribution < 1.29 is 14.6 Å². The Bertz CT molecular complexity index is 673. The topological polar surface area (TPSA) is 50.9 Å². The minimum absolute atomic E-state index is 0.186. The van der Waals surface area contributed by atoms with Crippen LogP contribution in [-0.4, -0.2) is 49.7 Å². The van der Waals surface area contributed by atoms with Crippen LogP contribution in [0.2, 0.25) is 0 Å². The zero-order chi connectivity index (χ0) is 17.8. The van der Waals surface area contributed by atoms with Crippen LogP contribution in [0.15, 0.2) is 24.3 Å². The van der Waals surface area contributed by atoms with E-state index in [1.165, 1.54) is 14.6 Å². The normalized spacial score (nSPS) is 22.2. The number of rotatable bonds is 6. The molecule has 1 aliphatic rings. The molecule has 1 fully saturated rings. The molecule has 0 spiro atoms. The summed E-state index contributed by atoms with van der Waals surface area (Å²) in [5.41, 5.74) is 1.11. The molecule has 1 saturated heterocycles. The van der Waals surface area contributed by atoms with Crippen LogP contribution < -0.4 is 15.1 Å². The van der Waals surface area contributed by atoms with Gasteiger partial charge in [0, 0.05) is 6.04 Å². The second-order valence-corrected chi connectivity index (χ2v) is 8.64. The number of carbonyl (C=O) groups excluding carboxylic acids is 1. The van der Waals surface area contributed by atoms with Crippen molar-refractivity contribution in [3.8, 4) is 0 Å². The van der Waals surface area contributed by atoms with E-state index in [0.29, 0.717) is 12.5 Å². The van der Waals surface area contributed by atoms with Gasteiger partial charge in [-0.25, -0.2) is 4.98 Å². The third-order valence-corrected chi connectivity index (χ3v) is 6.24. The number of piperazine rings is 1.